The van der Waals surface area contributed by atoms with Crippen molar-refractivity contribution in [1.29, 1.82) is 0 Å². The first-order valence-electron chi connectivity index (χ1n) is 6.91. The number of rotatable bonds is 6. The number of hydrogen-bond donors (Lipinski definition) is 1. The minimum absolute atomic E-state index is 0.280. The highest BCUT2D eigenvalue weighted by molar-refractivity contribution is 7.14. The number of aromatic nitrogens is 2. The number of nitrogens with zero attached hydrogens (tertiary/aromatic N) is 2. The summed E-state index contributed by atoms with van der Waals surface area (Å²) < 4.78 is 5.42. The van der Waals surface area contributed by atoms with E-state index in [9.17, 15) is 0 Å². The largest absolute Gasteiger partial charge is 0.496 e. The molecule has 20 heavy (non-hydrogen) atoms. The summed E-state index contributed by atoms with van der Waals surface area (Å²) in [4.78, 5) is 0. The summed E-state index contributed by atoms with van der Waals surface area (Å²) >= 11 is 1.63. The van der Waals surface area contributed by atoms with Crippen LogP contribution in [-0.2, 0) is 0 Å². The van der Waals surface area contributed by atoms with Crippen LogP contribution in [0.2, 0.25) is 0 Å². The Hall–Kier alpha value is -1.46. The van der Waals surface area contributed by atoms with E-state index in [1.54, 1.807) is 18.4 Å². The van der Waals surface area contributed by atoms with Gasteiger partial charge in [-0.2, -0.15) is 0 Å². The molecule has 0 bridgehead atoms. The molecule has 1 N–H and O–H groups in total. The zero-order valence-corrected chi connectivity index (χ0v) is 13.3. The molecule has 1 aromatic carbocycles. The predicted molar refractivity (Wildman–Crippen MR) is 83.3 cm³/mol. The molecular formula is C15H21N3OS. The van der Waals surface area contributed by atoms with E-state index in [1.807, 2.05) is 12.1 Å². The van der Waals surface area contributed by atoms with Gasteiger partial charge in [0.1, 0.15) is 10.8 Å². The van der Waals surface area contributed by atoms with Crippen LogP contribution in [0.5, 0.6) is 5.75 Å². The third-order valence-electron chi connectivity index (χ3n) is 3.18. The molecular weight excluding hydrogens is 270 g/mol. The molecule has 108 valence electrons. The van der Waals surface area contributed by atoms with Crippen LogP contribution in [0.4, 0.5) is 0 Å². The number of aryl methyl sites for hydroxylation is 1. The zero-order chi connectivity index (χ0) is 14.5. The van der Waals surface area contributed by atoms with E-state index in [4.69, 9.17) is 4.74 Å². The van der Waals surface area contributed by atoms with Gasteiger partial charge in [0.2, 0.25) is 0 Å². The van der Waals surface area contributed by atoms with Crippen LogP contribution in [-0.4, -0.2) is 23.9 Å². The SMILES string of the molecule is CCNC(CC)c1nnc(-c2cc(C)ccc2OC)s1. The van der Waals surface area contributed by atoms with Crippen molar-refractivity contribution in [2.75, 3.05) is 13.7 Å². The van der Waals surface area contributed by atoms with E-state index >= 15 is 0 Å². The van der Waals surface area contributed by atoms with Gasteiger partial charge in [0, 0.05) is 0 Å². The summed E-state index contributed by atoms with van der Waals surface area (Å²) in [6.07, 6.45) is 1.01. The normalized spacial score (nSPS) is 12.4. The molecule has 0 radical (unpaired) electrons. The number of hydrogen-bond acceptors (Lipinski definition) is 5. The van der Waals surface area contributed by atoms with E-state index in [1.165, 1.54) is 5.56 Å². The maximum atomic E-state index is 5.42. The monoisotopic (exact) mass is 291 g/mol. The number of methoxy groups -OCH3 is 1. The Bertz CT molecular complexity index is 568. The lowest BCUT2D eigenvalue weighted by atomic mass is 10.1. The molecule has 0 saturated carbocycles. The van der Waals surface area contributed by atoms with E-state index in [-0.39, 0.29) is 6.04 Å². The van der Waals surface area contributed by atoms with Crippen molar-refractivity contribution in [3.05, 3.63) is 28.8 Å². The quantitative estimate of drug-likeness (QED) is 0.883. The van der Waals surface area contributed by atoms with Gasteiger partial charge in [0.05, 0.1) is 18.7 Å². The second kappa shape index (κ2) is 6.81. The highest BCUT2D eigenvalue weighted by Gasteiger charge is 2.16. The van der Waals surface area contributed by atoms with Crippen LogP contribution in [0, 0.1) is 6.92 Å². The molecule has 2 aromatic rings. The molecule has 0 amide bonds. The standard InChI is InChI=1S/C15H21N3OS/c1-5-12(16-6-2)15-18-17-14(20-15)11-9-10(3)7-8-13(11)19-4/h7-9,12,16H,5-6H2,1-4H3. The van der Waals surface area contributed by atoms with Gasteiger partial charge in [-0.3, -0.25) is 0 Å². The molecule has 0 spiro atoms. The van der Waals surface area contributed by atoms with Crippen LogP contribution in [0.15, 0.2) is 18.2 Å². The van der Waals surface area contributed by atoms with E-state index in [0.717, 1.165) is 34.3 Å². The van der Waals surface area contributed by atoms with Crippen molar-refractivity contribution in [3.63, 3.8) is 0 Å². The Morgan fingerprint density at radius 2 is 2.10 bits per heavy atom. The van der Waals surface area contributed by atoms with E-state index in [0.29, 0.717) is 0 Å². The average Bonchev–Trinajstić information content (AvgIpc) is 2.94. The molecule has 1 aromatic heterocycles. The van der Waals surface area contributed by atoms with Crippen molar-refractivity contribution < 1.29 is 4.74 Å². The van der Waals surface area contributed by atoms with Crippen molar-refractivity contribution in [1.82, 2.24) is 15.5 Å². The Balaban J connectivity index is 2.35. The number of benzene rings is 1. The van der Waals surface area contributed by atoms with Gasteiger partial charge in [-0.15, -0.1) is 10.2 Å². The fraction of sp³-hybridized carbons (Fsp3) is 0.467. The van der Waals surface area contributed by atoms with Crippen LogP contribution in [0.25, 0.3) is 10.6 Å². The molecule has 0 aliphatic heterocycles. The lowest BCUT2D eigenvalue weighted by molar-refractivity contribution is 0.416. The summed E-state index contributed by atoms with van der Waals surface area (Å²) in [5.74, 6) is 0.842. The predicted octanol–water partition coefficient (Wildman–Crippen LogP) is 3.58. The van der Waals surface area contributed by atoms with Gasteiger partial charge < -0.3 is 10.1 Å². The molecule has 0 saturated heterocycles. The lowest BCUT2D eigenvalue weighted by Crippen LogP contribution is -2.19. The van der Waals surface area contributed by atoms with Crippen LogP contribution in [0.3, 0.4) is 0 Å². The van der Waals surface area contributed by atoms with Gasteiger partial charge in [-0.05, 0) is 32.0 Å². The third-order valence-corrected chi connectivity index (χ3v) is 4.25. The minimum atomic E-state index is 0.280. The summed E-state index contributed by atoms with van der Waals surface area (Å²) in [6, 6.07) is 6.39. The lowest BCUT2D eigenvalue weighted by Gasteiger charge is -2.11. The van der Waals surface area contributed by atoms with Gasteiger partial charge in [-0.1, -0.05) is 36.8 Å². The second-order valence-electron chi connectivity index (χ2n) is 4.67. The van der Waals surface area contributed by atoms with Crippen LogP contribution >= 0.6 is 11.3 Å². The zero-order valence-electron chi connectivity index (χ0n) is 12.4. The molecule has 2 rings (SSSR count). The van der Waals surface area contributed by atoms with Gasteiger partial charge >= 0.3 is 0 Å². The smallest absolute Gasteiger partial charge is 0.151 e. The first kappa shape index (κ1) is 14.9. The van der Waals surface area contributed by atoms with Crippen LogP contribution in [0.1, 0.15) is 36.9 Å². The fourth-order valence-electron chi connectivity index (χ4n) is 2.13. The third kappa shape index (κ3) is 3.16. The first-order valence-corrected chi connectivity index (χ1v) is 7.73. The molecule has 0 aliphatic rings. The minimum Gasteiger partial charge on any atom is -0.496 e. The molecule has 1 atom stereocenters. The summed E-state index contributed by atoms with van der Waals surface area (Å²) in [5, 5.41) is 14.1. The maximum Gasteiger partial charge on any atom is 0.151 e. The average molecular weight is 291 g/mol. The fourth-order valence-corrected chi connectivity index (χ4v) is 3.15. The van der Waals surface area contributed by atoms with E-state index in [2.05, 4.69) is 42.4 Å². The molecule has 1 heterocycles. The van der Waals surface area contributed by atoms with Gasteiger partial charge in [0.25, 0.3) is 0 Å². The maximum absolute atomic E-state index is 5.42. The Labute approximate surface area is 124 Å². The second-order valence-corrected chi connectivity index (χ2v) is 5.68. The Morgan fingerprint density at radius 3 is 2.75 bits per heavy atom. The molecule has 5 heteroatoms. The summed E-state index contributed by atoms with van der Waals surface area (Å²) in [5.41, 5.74) is 2.21. The highest BCUT2D eigenvalue weighted by Crippen LogP contribution is 2.34. The Kier molecular flexibility index (Phi) is 5.09. The summed E-state index contributed by atoms with van der Waals surface area (Å²) in [7, 11) is 1.68. The van der Waals surface area contributed by atoms with Gasteiger partial charge in [0.15, 0.2) is 5.01 Å². The molecule has 0 aliphatic carbocycles. The molecule has 4 nitrogen and oxygen atoms in total. The molecule has 0 fully saturated rings. The first-order chi connectivity index (χ1) is 9.69. The molecule has 1 unspecified atom stereocenters. The van der Waals surface area contributed by atoms with Gasteiger partial charge in [-0.25, -0.2) is 0 Å². The van der Waals surface area contributed by atoms with Crippen LogP contribution < -0.4 is 10.1 Å². The van der Waals surface area contributed by atoms with Crippen molar-refractivity contribution in [2.45, 2.75) is 33.2 Å². The highest BCUT2D eigenvalue weighted by atomic mass is 32.1. The number of nitrogens with one attached hydrogen (secondary N) is 1. The van der Waals surface area contributed by atoms with Crippen molar-refractivity contribution >= 4 is 11.3 Å². The Morgan fingerprint density at radius 1 is 1.30 bits per heavy atom. The number of ether oxygens (including phenoxy) is 1. The summed E-state index contributed by atoms with van der Waals surface area (Å²) in [6.45, 7) is 7.26. The van der Waals surface area contributed by atoms with Crippen molar-refractivity contribution in [2.24, 2.45) is 0 Å². The van der Waals surface area contributed by atoms with E-state index < -0.39 is 0 Å². The topological polar surface area (TPSA) is 47.0 Å². The van der Waals surface area contributed by atoms with Crippen molar-refractivity contribution in [3.8, 4) is 16.3 Å².